The molecule has 1 aromatic carbocycles. The zero-order valence-corrected chi connectivity index (χ0v) is 20.3. The largest absolute Gasteiger partial charge is 0.491 e. The molecule has 0 N–H and O–H groups in total. The molecule has 0 bridgehead atoms. The highest BCUT2D eigenvalue weighted by molar-refractivity contribution is 5.75. The summed E-state index contributed by atoms with van der Waals surface area (Å²) in [4.78, 5) is 12.5. The van der Waals surface area contributed by atoms with Gasteiger partial charge in [0.2, 0.25) is 11.6 Å². The van der Waals surface area contributed by atoms with Gasteiger partial charge in [-0.1, -0.05) is 44.8 Å². The van der Waals surface area contributed by atoms with Crippen LogP contribution in [-0.2, 0) is 4.79 Å². The fourth-order valence-electron chi connectivity index (χ4n) is 5.27. The minimum atomic E-state index is -1.17. The number of carbonyl (C=O) groups excluding carboxylic acids is 1. The van der Waals surface area contributed by atoms with Gasteiger partial charge in [0.25, 0.3) is 0 Å². The number of ether oxygens (including phenoxy) is 2. The number of allylic oxidation sites excluding steroid dienone is 2. The molecule has 5 heteroatoms. The van der Waals surface area contributed by atoms with Crippen LogP contribution < -0.4 is 9.47 Å². The molecule has 1 aromatic rings. The second-order valence-electron chi connectivity index (χ2n) is 9.82. The fraction of sp³-hybridized carbons (Fsp3) is 0.679. The van der Waals surface area contributed by atoms with E-state index in [1.165, 1.54) is 63.5 Å². The maximum Gasteiger partial charge on any atom is 0.314 e. The maximum atomic E-state index is 14.2. The van der Waals surface area contributed by atoms with Gasteiger partial charge in [0, 0.05) is 0 Å². The van der Waals surface area contributed by atoms with Crippen LogP contribution in [0.3, 0.4) is 0 Å². The standard InChI is InChI=1S/C28H40F2O3/c1-3-5-6-7-20-8-10-21(11-9-20)12-13-22-14-16-23(17-15-22)28(31)33-25-19-18-24(32-4-2)26(29)27(25)30/h12-13,18-23H,3-11,14-17H2,1-2H3/b13-12+. The topological polar surface area (TPSA) is 35.5 Å². The predicted octanol–water partition coefficient (Wildman–Crippen LogP) is 8.02. The number of rotatable bonds is 10. The van der Waals surface area contributed by atoms with E-state index in [9.17, 15) is 13.6 Å². The molecular formula is C28H40F2O3. The normalized spacial score (nSPS) is 25.8. The summed E-state index contributed by atoms with van der Waals surface area (Å²) in [6.07, 6.45) is 18.9. The second kappa shape index (κ2) is 13.1. The Morgan fingerprint density at radius 2 is 1.45 bits per heavy atom. The Hall–Kier alpha value is -1.91. The van der Waals surface area contributed by atoms with Gasteiger partial charge in [-0.3, -0.25) is 4.79 Å². The van der Waals surface area contributed by atoms with Crippen molar-refractivity contribution in [3.8, 4) is 11.5 Å². The molecule has 33 heavy (non-hydrogen) atoms. The quantitative estimate of drug-likeness (QED) is 0.153. The molecule has 0 unspecified atom stereocenters. The number of unbranched alkanes of at least 4 members (excludes halogenated alkanes) is 2. The van der Waals surface area contributed by atoms with E-state index in [1.54, 1.807) is 6.92 Å². The van der Waals surface area contributed by atoms with Crippen molar-refractivity contribution in [2.75, 3.05) is 6.61 Å². The molecule has 2 saturated carbocycles. The molecule has 184 valence electrons. The van der Waals surface area contributed by atoms with Crippen LogP contribution in [0.25, 0.3) is 0 Å². The maximum absolute atomic E-state index is 14.2. The van der Waals surface area contributed by atoms with E-state index in [2.05, 4.69) is 19.1 Å². The molecule has 0 amide bonds. The van der Waals surface area contributed by atoms with Crippen LogP contribution in [0.5, 0.6) is 11.5 Å². The molecule has 0 atom stereocenters. The Morgan fingerprint density at radius 3 is 2.06 bits per heavy atom. The third kappa shape index (κ3) is 7.55. The van der Waals surface area contributed by atoms with E-state index in [-0.39, 0.29) is 24.0 Å². The monoisotopic (exact) mass is 462 g/mol. The lowest BCUT2D eigenvalue weighted by Gasteiger charge is -2.28. The molecule has 2 fully saturated rings. The Labute approximate surface area is 197 Å². The SMILES string of the molecule is CCCCCC1CCC(/C=C/C2CCC(C(=O)Oc3ccc(OCC)c(F)c3F)CC2)CC1. The van der Waals surface area contributed by atoms with Crippen LogP contribution >= 0.6 is 0 Å². The van der Waals surface area contributed by atoms with E-state index < -0.39 is 17.6 Å². The molecule has 0 spiro atoms. The summed E-state index contributed by atoms with van der Waals surface area (Å²) < 4.78 is 38.5. The minimum Gasteiger partial charge on any atom is -0.491 e. The zero-order valence-electron chi connectivity index (χ0n) is 20.3. The van der Waals surface area contributed by atoms with Crippen LogP contribution in [0.15, 0.2) is 24.3 Å². The highest BCUT2D eigenvalue weighted by Crippen LogP contribution is 2.35. The summed E-state index contributed by atoms with van der Waals surface area (Å²) in [5.41, 5.74) is 0. The van der Waals surface area contributed by atoms with Crippen molar-refractivity contribution in [3.05, 3.63) is 35.9 Å². The molecule has 0 aromatic heterocycles. The highest BCUT2D eigenvalue weighted by Gasteiger charge is 2.28. The summed E-state index contributed by atoms with van der Waals surface area (Å²) in [5.74, 6) is -1.44. The van der Waals surface area contributed by atoms with Crippen LogP contribution in [-0.4, -0.2) is 12.6 Å². The van der Waals surface area contributed by atoms with Crippen molar-refractivity contribution < 1.29 is 23.0 Å². The number of hydrogen-bond acceptors (Lipinski definition) is 3. The molecular weight excluding hydrogens is 422 g/mol. The number of hydrogen-bond donors (Lipinski definition) is 0. The Morgan fingerprint density at radius 1 is 0.879 bits per heavy atom. The van der Waals surface area contributed by atoms with Crippen molar-refractivity contribution in [2.45, 2.75) is 90.9 Å². The Bertz CT molecular complexity index is 776. The minimum absolute atomic E-state index is 0.174. The first-order chi connectivity index (χ1) is 16.0. The summed E-state index contributed by atoms with van der Waals surface area (Å²) >= 11 is 0. The average molecular weight is 463 g/mol. The third-order valence-corrected chi connectivity index (χ3v) is 7.39. The molecule has 0 heterocycles. The van der Waals surface area contributed by atoms with E-state index >= 15 is 0 Å². The Kier molecular flexibility index (Phi) is 10.2. The number of benzene rings is 1. The summed E-state index contributed by atoms with van der Waals surface area (Å²) in [5, 5.41) is 0. The molecule has 0 saturated heterocycles. The summed E-state index contributed by atoms with van der Waals surface area (Å²) in [7, 11) is 0. The van der Waals surface area contributed by atoms with E-state index in [0.717, 1.165) is 31.6 Å². The first-order valence-electron chi connectivity index (χ1n) is 13.0. The smallest absolute Gasteiger partial charge is 0.314 e. The van der Waals surface area contributed by atoms with Crippen LogP contribution in [0.4, 0.5) is 8.78 Å². The lowest BCUT2D eigenvalue weighted by molar-refractivity contribution is -0.140. The van der Waals surface area contributed by atoms with Gasteiger partial charge in [0.1, 0.15) is 0 Å². The first-order valence-corrected chi connectivity index (χ1v) is 13.0. The van der Waals surface area contributed by atoms with Gasteiger partial charge in [0.15, 0.2) is 11.5 Å². The number of carbonyl (C=O) groups is 1. The molecule has 2 aliphatic rings. The third-order valence-electron chi connectivity index (χ3n) is 7.39. The second-order valence-corrected chi connectivity index (χ2v) is 9.82. The number of esters is 1. The molecule has 3 nitrogen and oxygen atoms in total. The predicted molar refractivity (Wildman–Crippen MR) is 127 cm³/mol. The van der Waals surface area contributed by atoms with Crippen molar-refractivity contribution in [1.29, 1.82) is 0 Å². The highest BCUT2D eigenvalue weighted by atomic mass is 19.2. The van der Waals surface area contributed by atoms with E-state index in [4.69, 9.17) is 9.47 Å². The van der Waals surface area contributed by atoms with Gasteiger partial charge in [0.05, 0.1) is 12.5 Å². The van der Waals surface area contributed by atoms with E-state index in [0.29, 0.717) is 11.8 Å². The van der Waals surface area contributed by atoms with E-state index in [1.807, 2.05) is 0 Å². The van der Waals surface area contributed by atoms with Crippen molar-refractivity contribution in [2.24, 2.45) is 23.7 Å². The van der Waals surface area contributed by atoms with Gasteiger partial charge < -0.3 is 9.47 Å². The zero-order chi connectivity index (χ0) is 23.6. The summed E-state index contributed by atoms with van der Waals surface area (Å²) in [6.45, 7) is 4.19. The van der Waals surface area contributed by atoms with Crippen molar-refractivity contribution in [3.63, 3.8) is 0 Å². The average Bonchev–Trinajstić information content (AvgIpc) is 2.84. The van der Waals surface area contributed by atoms with Gasteiger partial charge in [-0.05, 0) is 88.2 Å². The molecule has 0 aliphatic heterocycles. The Balaban J connectivity index is 1.40. The lowest BCUT2D eigenvalue weighted by atomic mass is 9.78. The lowest BCUT2D eigenvalue weighted by Crippen LogP contribution is -2.25. The molecule has 2 aliphatic carbocycles. The number of halogens is 2. The van der Waals surface area contributed by atoms with Gasteiger partial charge in [-0.15, -0.1) is 0 Å². The van der Waals surface area contributed by atoms with Gasteiger partial charge >= 0.3 is 5.97 Å². The van der Waals surface area contributed by atoms with Crippen molar-refractivity contribution in [1.82, 2.24) is 0 Å². The van der Waals surface area contributed by atoms with Crippen LogP contribution in [0, 0.1) is 35.3 Å². The fourth-order valence-corrected chi connectivity index (χ4v) is 5.27. The van der Waals surface area contributed by atoms with Crippen LogP contribution in [0.1, 0.15) is 90.9 Å². The summed E-state index contributed by atoms with van der Waals surface area (Å²) in [6, 6.07) is 2.55. The molecule has 3 rings (SSSR count). The van der Waals surface area contributed by atoms with Crippen LogP contribution in [0.2, 0.25) is 0 Å². The van der Waals surface area contributed by atoms with Crippen molar-refractivity contribution >= 4 is 5.97 Å². The molecule has 0 radical (unpaired) electrons. The van der Waals surface area contributed by atoms with Gasteiger partial charge in [-0.25, -0.2) is 0 Å². The van der Waals surface area contributed by atoms with Gasteiger partial charge in [-0.2, -0.15) is 8.78 Å². The first kappa shape index (κ1) is 25.7.